The molecule has 0 aromatic heterocycles. The van der Waals surface area contributed by atoms with Crippen LogP contribution in [0.3, 0.4) is 0 Å². The van der Waals surface area contributed by atoms with Crippen molar-refractivity contribution in [1.29, 1.82) is 0 Å². The third kappa shape index (κ3) is 7.19. The van der Waals surface area contributed by atoms with Crippen LogP contribution in [0.15, 0.2) is 79.0 Å². The predicted octanol–water partition coefficient (Wildman–Crippen LogP) is 5.63. The first-order valence-corrected chi connectivity index (χ1v) is 13.3. The Kier molecular flexibility index (Phi) is 9.52. The van der Waals surface area contributed by atoms with Gasteiger partial charge in [-0.3, -0.25) is 9.59 Å². The molecule has 212 valence electrons. The summed E-state index contributed by atoms with van der Waals surface area (Å²) in [5.41, 5.74) is 3.75. The molecule has 0 spiro atoms. The smallest absolute Gasteiger partial charge is 0.329 e. The Morgan fingerprint density at radius 3 is 2.51 bits per heavy atom. The van der Waals surface area contributed by atoms with Gasteiger partial charge in [0.25, 0.3) is 5.91 Å². The summed E-state index contributed by atoms with van der Waals surface area (Å²) < 4.78 is 25.2. The molecule has 0 radical (unpaired) electrons. The molecule has 3 aromatic carbocycles. The number of anilines is 1. The maximum Gasteiger partial charge on any atom is 0.329 e. The summed E-state index contributed by atoms with van der Waals surface area (Å²) >= 11 is 0. The lowest BCUT2D eigenvalue weighted by molar-refractivity contribution is -0.127. The topological polar surface area (TPSA) is 97.0 Å². The number of hydrogen-bond donors (Lipinski definition) is 2. The average molecular weight is 558 g/mol. The number of urea groups is 1. The molecule has 1 saturated heterocycles. The van der Waals surface area contributed by atoms with Crippen LogP contribution in [0.5, 0.6) is 11.5 Å². The number of halogens is 1. The minimum Gasteiger partial charge on any atom is -0.490 e. The highest BCUT2D eigenvalue weighted by Crippen LogP contribution is 2.35. The number of ether oxygens (including phenoxy) is 2. The number of benzene rings is 3. The molecule has 1 aliphatic rings. The summed E-state index contributed by atoms with van der Waals surface area (Å²) in [7, 11) is 0. The largest absolute Gasteiger partial charge is 0.490 e. The number of hydrogen-bond acceptors (Lipinski definition) is 5. The fourth-order valence-electron chi connectivity index (χ4n) is 4.40. The van der Waals surface area contributed by atoms with Gasteiger partial charge in [-0.05, 0) is 72.9 Å². The van der Waals surface area contributed by atoms with Gasteiger partial charge < -0.3 is 20.1 Å². The van der Waals surface area contributed by atoms with Crippen LogP contribution >= 0.6 is 0 Å². The standard InChI is InChI=1S/C32H32FN3O5/c1-4-9-24-16-22(18-28(40-6-3)30(24)41-20-21-12-14-25(33)15-13-21)17-27-31(38)36(32(39)35-27)19-29(37)34-26-11-8-7-10-23(26)5-2/h4,7-8,10-18H,1,5-6,9,19-20H2,2-3H3,(H,34,37)(H,35,39)/b27-17+. The molecule has 2 N–H and O–H groups in total. The molecule has 9 heteroatoms. The van der Waals surface area contributed by atoms with Gasteiger partial charge in [-0.2, -0.15) is 0 Å². The molecule has 3 aromatic rings. The van der Waals surface area contributed by atoms with Crippen LogP contribution in [-0.4, -0.2) is 35.9 Å². The van der Waals surface area contributed by atoms with Crippen LogP contribution in [0, 0.1) is 5.82 Å². The average Bonchev–Trinajstić information content (AvgIpc) is 3.21. The van der Waals surface area contributed by atoms with Gasteiger partial charge in [0.2, 0.25) is 5.91 Å². The van der Waals surface area contributed by atoms with Crippen molar-refractivity contribution < 1.29 is 28.2 Å². The Balaban J connectivity index is 1.54. The number of carbonyl (C=O) groups is 3. The predicted molar refractivity (Wildman–Crippen MR) is 155 cm³/mol. The summed E-state index contributed by atoms with van der Waals surface area (Å²) in [4.78, 5) is 39.3. The number of carbonyl (C=O) groups excluding carboxylic acids is 3. The van der Waals surface area contributed by atoms with Gasteiger partial charge in [0, 0.05) is 11.3 Å². The van der Waals surface area contributed by atoms with E-state index in [1.54, 1.807) is 36.4 Å². The van der Waals surface area contributed by atoms with Crippen LogP contribution < -0.4 is 20.1 Å². The number of allylic oxidation sites excluding steroid dienone is 1. The second-order valence-electron chi connectivity index (χ2n) is 9.29. The quantitative estimate of drug-likeness (QED) is 0.171. The first kappa shape index (κ1) is 29.1. The molecule has 8 nitrogen and oxygen atoms in total. The first-order chi connectivity index (χ1) is 19.8. The van der Waals surface area contributed by atoms with Gasteiger partial charge in [0.15, 0.2) is 11.5 Å². The van der Waals surface area contributed by atoms with E-state index in [-0.39, 0.29) is 18.1 Å². The number of nitrogens with one attached hydrogen (secondary N) is 2. The van der Waals surface area contributed by atoms with Crippen molar-refractivity contribution in [2.24, 2.45) is 0 Å². The summed E-state index contributed by atoms with van der Waals surface area (Å²) in [6, 6.07) is 16.2. The van der Waals surface area contributed by atoms with Gasteiger partial charge in [-0.15, -0.1) is 6.58 Å². The molecule has 0 unspecified atom stereocenters. The fourth-order valence-corrected chi connectivity index (χ4v) is 4.40. The second-order valence-corrected chi connectivity index (χ2v) is 9.29. The third-order valence-corrected chi connectivity index (χ3v) is 6.36. The third-order valence-electron chi connectivity index (χ3n) is 6.36. The lowest BCUT2D eigenvalue weighted by Gasteiger charge is -2.17. The first-order valence-electron chi connectivity index (χ1n) is 13.3. The summed E-state index contributed by atoms with van der Waals surface area (Å²) in [5, 5.41) is 5.34. The molecule has 41 heavy (non-hydrogen) atoms. The van der Waals surface area contributed by atoms with E-state index in [1.165, 1.54) is 18.2 Å². The van der Waals surface area contributed by atoms with Gasteiger partial charge >= 0.3 is 6.03 Å². The highest BCUT2D eigenvalue weighted by atomic mass is 19.1. The minimum absolute atomic E-state index is 0.0312. The molecule has 4 rings (SSSR count). The molecule has 0 saturated carbocycles. The van der Waals surface area contributed by atoms with E-state index in [2.05, 4.69) is 17.2 Å². The Labute approximate surface area is 238 Å². The van der Waals surface area contributed by atoms with Crippen LogP contribution in [0.4, 0.5) is 14.9 Å². The summed E-state index contributed by atoms with van der Waals surface area (Å²) in [6.45, 7) is 7.76. The molecule has 0 aliphatic carbocycles. The normalized spacial score (nSPS) is 13.7. The van der Waals surface area contributed by atoms with Crippen LogP contribution in [-0.2, 0) is 29.0 Å². The van der Waals surface area contributed by atoms with E-state index in [4.69, 9.17) is 9.47 Å². The van der Waals surface area contributed by atoms with E-state index in [1.807, 2.05) is 32.0 Å². The molecular weight excluding hydrogens is 525 g/mol. The van der Waals surface area contributed by atoms with E-state index < -0.39 is 24.4 Å². The molecule has 0 atom stereocenters. The van der Waals surface area contributed by atoms with Crippen LogP contribution in [0.1, 0.15) is 36.1 Å². The van der Waals surface area contributed by atoms with E-state index in [0.29, 0.717) is 35.8 Å². The minimum atomic E-state index is -0.684. The van der Waals surface area contributed by atoms with Crippen molar-refractivity contribution in [2.45, 2.75) is 33.3 Å². The van der Waals surface area contributed by atoms with Crippen LogP contribution in [0.2, 0.25) is 0 Å². The molecular formula is C32H32FN3O5. The maximum atomic E-state index is 13.3. The molecule has 1 heterocycles. The summed E-state index contributed by atoms with van der Waals surface area (Å²) in [6.07, 6.45) is 4.41. The number of para-hydroxylation sites is 1. The number of nitrogens with zero attached hydrogens (tertiary/aromatic N) is 1. The Bertz CT molecular complexity index is 1480. The Morgan fingerprint density at radius 1 is 1.05 bits per heavy atom. The lowest BCUT2D eigenvalue weighted by Crippen LogP contribution is -2.38. The van der Waals surface area contributed by atoms with Crippen molar-refractivity contribution in [2.75, 3.05) is 18.5 Å². The van der Waals surface area contributed by atoms with Crippen molar-refractivity contribution in [1.82, 2.24) is 10.2 Å². The highest BCUT2D eigenvalue weighted by Gasteiger charge is 2.35. The van der Waals surface area contributed by atoms with Gasteiger partial charge in [-0.1, -0.05) is 43.3 Å². The monoisotopic (exact) mass is 557 g/mol. The van der Waals surface area contributed by atoms with E-state index in [0.717, 1.165) is 28.0 Å². The van der Waals surface area contributed by atoms with Crippen molar-refractivity contribution in [3.8, 4) is 11.5 Å². The lowest BCUT2D eigenvalue weighted by atomic mass is 10.0. The second kappa shape index (κ2) is 13.4. The number of amides is 4. The van der Waals surface area contributed by atoms with Gasteiger partial charge in [0.05, 0.1) is 6.61 Å². The van der Waals surface area contributed by atoms with Gasteiger partial charge in [0.1, 0.15) is 24.7 Å². The van der Waals surface area contributed by atoms with Crippen molar-refractivity contribution in [3.05, 3.63) is 107 Å². The summed E-state index contributed by atoms with van der Waals surface area (Å²) in [5.74, 6) is -0.476. The van der Waals surface area contributed by atoms with Crippen molar-refractivity contribution in [3.63, 3.8) is 0 Å². The SMILES string of the molecule is C=CCc1cc(/C=C2/NC(=O)N(CC(=O)Nc3ccccc3CC)C2=O)cc(OCC)c1OCc1ccc(F)cc1. The molecule has 4 amide bonds. The molecule has 1 fully saturated rings. The van der Waals surface area contributed by atoms with Gasteiger partial charge in [-0.25, -0.2) is 14.1 Å². The number of rotatable bonds is 12. The molecule has 1 aliphatic heterocycles. The zero-order valence-corrected chi connectivity index (χ0v) is 23.0. The highest BCUT2D eigenvalue weighted by molar-refractivity contribution is 6.16. The number of aryl methyl sites for hydroxylation is 1. The zero-order valence-electron chi connectivity index (χ0n) is 23.0. The molecule has 0 bridgehead atoms. The Hall–Kier alpha value is -4.92. The Morgan fingerprint density at radius 2 is 1.80 bits per heavy atom. The zero-order chi connectivity index (χ0) is 29.4. The van der Waals surface area contributed by atoms with E-state index >= 15 is 0 Å². The number of imide groups is 1. The van der Waals surface area contributed by atoms with E-state index in [9.17, 15) is 18.8 Å². The van der Waals surface area contributed by atoms with Crippen molar-refractivity contribution >= 4 is 29.6 Å². The maximum absolute atomic E-state index is 13.3. The fraction of sp³-hybridized carbons (Fsp3) is 0.219. The van der Waals surface area contributed by atoms with Crippen LogP contribution in [0.25, 0.3) is 6.08 Å².